The lowest BCUT2D eigenvalue weighted by Crippen LogP contribution is -2.47. The van der Waals surface area contributed by atoms with Crippen molar-refractivity contribution in [3.05, 3.63) is 47.9 Å². The molecule has 0 aliphatic carbocycles. The summed E-state index contributed by atoms with van der Waals surface area (Å²) in [5, 5.41) is 10.6. The van der Waals surface area contributed by atoms with Gasteiger partial charge in [-0.15, -0.1) is 0 Å². The third-order valence-electron chi connectivity index (χ3n) is 4.78. The average Bonchev–Trinajstić information content (AvgIpc) is 3.13. The third-order valence-corrected chi connectivity index (χ3v) is 5.00. The van der Waals surface area contributed by atoms with E-state index < -0.39 is 0 Å². The number of aryl methyl sites for hydroxylation is 1. The molecule has 2 heterocycles. The Balaban J connectivity index is 1.49. The van der Waals surface area contributed by atoms with Crippen LogP contribution in [0, 0.1) is 6.92 Å². The van der Waals surface area contributed by atoms with Crippen LogP contribution in [-0.4, -0.2) is 41.8 Å². The molecular weight excluding hydrogens is 388 g/mol. The van der Waals surface area contributed by atoms with Crippen molar-refractivity contribution in [3.63, 3.8) is 0 Å². The number of hydrogen-bond acceptors (Lipinski definition) is 5. The molecule has 3 N–H and O–H groups in total. The average molecular weight is 417 g/mol. The SMILES string of the molecule is CCOC(=O)N1CCC(NC(=S)Nc2ccccc2NCc2ccc(C)o2)CC1. The van der Waals surface area contributed by atoms with E-state index in [1.165, 1.54) is 0 Å². The number of para-hydroxylation sites is 2. The van der Waals surface area contributed by atoms with Crippen LogP contribution in [0.1, 0.15) is 31.3 Å². The zero-order chi connectivity index (χ0) is 20.6. The molecular formula is C21H28N4O3S. The predicted molar refractivity (Wildman–Crippen MR) is 118 cm³/mol. The molecule has 1 aromatic carbocycles. The van der Waals surface area contributed by atoms with Crippen LogP contribution in [0.15, 0.2) is 40.8 Å². The number of benzene rings is 1. The minimum absolute atomic E-state index is 0.229. The highest BCUT2D eigenvalue weighted by Gasteiger charge is 2.24. The largest absolute Gasteiger partial charge is 0.465 e. The first kappa shape index (κ1) is 21.0. The van der Waals surface area contributed by atoms with Gasteiger partial charge >= 0.3 is 6.09 Å². The number of nitrogens with zero attached hydrogens (tertiary/aromatic N) is 1. The van der Waals surface area contributed by atoms with Crippen molar-refractivity contribution in [1.29, 1.82) is 0 Å². The zero-order valence-corrected chi connectivity index (χ0v) is 17.7. The number of hydrogen-bond donors (Lipinski definition) is 3. The Morgan fingerprint density at radius 1 is 1.21 bits per heavy atom. The zero-order valence-electron chi connectivity index (χ0n) is 16.9. The van der Waals surface area contributed by atoms with Gasteiger partial charge in [0.1, 0.15) is 11.5 Å². The van der Waals surface area contributed by atoms with Gasteiger partial charge in [0.2, 0.25) is 0 Å². The molecule has 1 saturated heterocycles. The van der Waals surface area contributed by atoms with Crippen LogP contribution in [0.2, 0.25) is 0 Å². The maximum atomic E-state index is 11.8. The molecule has 0 bridgehead atoms. The van der Waals surface area contributed by atoms with Crippen LogP contribution < -0.4 is 16.0 Å². The third kappa shape index (κ3) is 6.12. The molecule has 0 spiro atoms. The molecule has 156 valence electrons. The van der Waals surface area contributed by atoms with Gasteiger partial charge in [-0.05, 0) is 63.2 Å². The first-order valence-corrected chi connectivity index (χ1v) is 10.3. The molecule has 1 aliphatic heterocycles. The molecule has 1 aliphatic rings. The lowest BCUT2D eigenvalue weighted by Gasteiger charge is -2.32. The van der Waals surface area contributed by atoms with Crippen LogP contribution in [0.5, 0.6) is 0 Å². The van der Waals surface area contributed by atoms with Gasteiger partial charge in [-0.25, -0.2) is 4.79 Å². The standard InChI is InChI=1S/C21H28N4O3S/c1-3-27-21(26)25-12-10-16(11-13-25)23-20(29)24-19-7-5-4-6-18(19)22-14-17-9-8-15(2)28-17/h4-9,16,22H,3,10-14H2,1-2H3,(H2,23,24,29). The van der Waals surface area contributed by atoms with E-state index in [4.69, 9.17) is 21.4 Å². The first-order valence-electron chi connectivity index (χ1n) is 9.92. The Morgan fingerprint density at radius 2 is 1.93 bits per heavy atom. The number of likely N-dealkylation sites (tertiary alicyclic amines) is 1. The van der Waals surface area contributed by atoms with E-state index in [0.717, 1.165) is 35.7 Å². The smallest absolute Gasteiger partial charge is 0.409 e. The number of anilines is 2. The van der Waals surface area contributed by atoms with E-state index in [9.17, 15) is 4.79 Å². The normalized spacial score (nSPS) is 14.3. The van der Waals surface area contributed by atoms with E-state index in [1.54, 1.807) is 4.90 Å². The maximum Gasteiger partial charge on any atom is 0.409 e. The number of rotatable bonds is 6. The fourth-order valence-electron chi connectivity index (χ4n) is 3.27. The summed E-state index contributed by atoms with van der Waals surface area (Å²) in [5.41, 5.74) is 1.85. The fourth-order valence-corrected chi connectivity index (χ4v) is 3.55. The summed E-state index contributed by atoms with van der Waals surface area (Å²) in [6.45, 7) is 6.08. The number of nitrogens with one attached hydrogen (secondary N) is 3. The number of furan rings is 1. The quantitative estimate of drug-likeness (QED) is 0.612. The molecule has 1 amide bonds. The van der Waals surface area contributed by atoms with Gasteiger partial charge in [-0.1, -0.05) is 12.1 Å². The summed E-state index contributed by atoms with van der Waals surface area (Å²) in [6.07, 6.45) is 1.43. The van der Waals surface area contributed by atoms with Gasteiger partial charge < -0.3 is 30.0 Å². The summed E-state index contributed by atoms with van der Waals surface area (Å²) in [5.74, 6) is 1.78. The Morgan fingerprint density at radius 3 is 2.59 bits per heavy atom. The highest BCUT2D eigenvalue weighted by Crippen LogP contribution is 2.22. The van der Waals surface area contributed by atoms with Gasteiger partial charge in [0, 0.05) is 19.1 Å². The minimum Gasteiger partial charge on any atom is -0.465 e. The Bertz CT molecular complexity index is 831. The summed E-state index contributed by atoms with van der Waals surface area (Å²) < 4.78 is 10.7. The molecule has 0 saturated carbocycles. The van der Waals surface area contributed by atoms with Crippen molar-refractivity contribution in [3.8, 4) is 0 Å². The first-order chi connectivity index (χ1) is 14.0. The number of carbonyl (C=O) groups excluding carboxylic acids is 1. The van der Waals surface area contributed by atoms with Crippen molar-refractivity contribution in [2.45, 2.75) is 39.3 Å². The van der Waals surface area contributed by atoms with E-state index in [1.807, 2.05) is 50.2 Å². The van der Waals surface area contributed by atoms with Crippen LogP contribution in [0.3, 0.4) is 0 Å². The molecule has 29 heavy (non-hydrogen) atoms. The van der Waals surface area contributed by atoms with Crippen LogP contribution >= 0.6 is 12.2 Å². The number of ether oxygens (including phenoxy) is 1. The minimum atomic E-state index is -0.238. The Labute approximate surface area is 176 Å². The van der Waals surface area contributed by atoms with Gasteiger partial charge in [0.15, 0.2) is 5.11 Å². The lowest BCUT2D eigenvalue weighted by molar-refractivity contribution is 0.0964. The fraction of sp³-hybridized carbons (Fsp3) is 0.429. The molecule has 1 aromatic heterocycles. The van der Waals surface area contributed by atoms with Crippen LogP contribution in [-0.2, 0) is 11.3 Å². The molecule has 1 fully saturated rings. The van der Waals surface area contributed by atoms with E-state index in [-0.39, 0.29) is 12.1 Å². The molecule has 3 rings (SSSR count). The van der Waals surface area contributed by atoms with Crippen molar-refractivity contribution in [2.24, 2.45) is 0 Å². The van der Waals surface area contributed by atoms with E-state index in [2.05, 4.69) is 16.0 Å². The van der Waals surface area contributed by atoms with E-state index in [0.29, 0.717) is 31.4 Å². The molecule has 8 heteroatoms. The van der Waals surface area contributed by atoms with Crippen molar-refractivity contribution >= 4 is 34.8 Å². The number of amides is 1. The molecule has 0 atom stereocenters. The number of carbonyl (C=O) groups is 1. The second-order valence-corrected chi connectivity index (χ2v) is 7.38. The molecule has 7 nitrogen and oxygen atoms in total. The van der Waals surface area contributed by atoms with Crippen molar-refractivity contribution in [2.75, 3.05) is 30.3 Å². The van der Waals surface area contributed by atoms with Crippen LogP contribution in [0.4, 0.5) is 16.2 Å². The highest BCUT2D eigenvalue weighted by molar-refractivity contribution is 7.80. The number of piperidine rings is 1. The highest BCUT2D eigenvalue weighted by atomic mass is 32.1. The van der Waals surface area contributed by atoms with Gasteiger partial charge in [0.05, 0.1) is 24.5 Å². The molecule has 2 aromatic rings. The van der Waals surface area contributed by atoms with Gasteiger partial charge in [0.25, 0.3) is 0 Å². The number of thiocarbonyl (C=S) groups is 1. The summed E-state index contributed by atoms with van der Waals surface area (Å²) >= 11 is 5.51. The summed E-state index contributed by atoms with van der Waals surface area (Å²) in [4.78, 5) is 13.5. The van der Waals surface area contributed by atoms with Gasteiger partial charge in [-0.3, -0.25) is 0 Å². The Hall–Kier alpha value is -2.74. The molecule has 0 radical (unpaired) electrons. The Kier molecular flexibility index (Phi) is 7.35. The molecule has 0 unspecified atom stereocenters. The van der Waals surface area contributed by atoms with Gasteiger partial charge in [-0.2, -0.15) is 0 Å². The topological polar surface area (TPSA) is 78.8 Å². The second-order valence-electron chi connectivity index (χ2n) is 6.97. The summed E-state index contributed by atoms with van der Waals surface area (Å²) in [6, 6.07) is 12.1. The van der Waals surface area contributed by atoms with Crippen LogP contribution in [0.25, 0.3) is 0 Å². The van der Waals surface area contributed by atoms with Crippen molar-refractivity contribution in [1.82, 2.24) is 10.2 Å². The lowest BCUT2D eigenvalue weighted by atomic mass is 10.1. The monoisotopic (exact) mass is 416 g/mol. The predicted octanol–water partition coefficient (Wildman–Crippen LogP) is 4.11. The van der Waals surface area contributed by atoms with Crippen molar-refractivity contribution < 1.29 is 13.9 Å². The van der Waals surface area contributed by atoms with E-state index >= 15 is 0 Å². The maximum absolute atomic E-state index is 11.8. The second kappa shape index (κ2) is 10.2. The summed E-state index contributed by atoms with van der Waals surface area (Å²) in [7, 11) is 0.